The summed E-state index contributed by atoms with van der Waals surface area (Å²) in [6.07, 6.45) is 1.25. The Morgan fingerprint density at radius 2 is 1.48 bits per heavy atom. The van der Waals surface area contributed by atoms with Gasteiger partial charge in [-0.15, -0.1) is 0 Å². The van der Waals surface area contributed by atoms with Crippen molar-refractivity contribution in [2.45, 2.75) is 6.04 Å². The van der Waals surface area contributed by atoms with Crippen LogP contribution in [0.3, 0.4) is 0 Å². The van der Waals surface area contributed by atoms with Crippen LogP contribution in [0.15, 0.2) is 83.8 Å². The molecule has 0 saturated carbocycles. The van der Waals surface area contributed by atoms with Crippen molar-refractivity contribution in [2.24, 2.45) is 0 Å². The van der Waals surface area contributed by atoms with Gasteiger partial charge < -0.3 is 15.0 Å². The van der Waals surface area contributed by atoms with Crippen LogP contribution in [0, 0.1) is 0 Å². The molecule has 0 spiro atoms. The number of aromatic amines is 1. The minimum absolute atomic E-state index is 0.171. The first kappa shape index (κ1) is 18.1. The van der Waals surface area contributed by atoms with Gasteiger partial charge in [0.25, 0.3) is 5.91 Å². The van der Waals surface area contributed by atoms with Crippen molar-refractivity contribution in [3.63, 3.8) is 0 Å². The van der Waals surface area contributed by atoms with Crippen molar-refractivity contribution >= 4 is 11.9 Å². The third-order valence-corrected chi connectivity index (χ3v) is 3.93. The van der Waals surface area contributed by atoms with Gasteiger partial charge in [0.15, 0.2) is 6.61 Å². The van der Waals surface area contributed by atoms with E-state index in [-0.39, 0.29) is 17.2 Å². The number of H-pyrrole nitrogens is 1. The number of amides is 1. The summed E-state index contributed by atoms with van der Waals surface area (Å²) in [6, 6.07) is 21.3. The first-order valence-electron chi connectivity index (χ1n) is 8.38. The second kappa shape index (κ2) is 8.62. The molecule has 1 heterocycles. The summed E-state index contributed by atoms with van der Waals surface area (Å²) in [7, 11) is 0. The molecule has 0 unspecified atom stereocenters. The highest BCUT2D eigenvalue weighted by atomic mass is 16.5. The molecular weight excluding hydrogens is 344 g/mol. The number of carbonyl (C=O) groups excluding carboxylic acids is 2. The van der Waals surface area contributed by atoms with Gasteiger partial charge in [-0.1, -0.05) is 60.7 Å². The Bertz CT molecular complexity index is 908. The minimum Gasteiger partial charge on any atom is -0.452 e. The Kier molecular flexibility index (Phi) is 5.79. The largest absolute Gasteiger partial charge is 0.452 e. The summed E-state index contributed by atoms with van der Waals surface area (Å²) in [4.78, 5) is 37.7. The highest BCUT2D eigenvalue weighted by Gasteiger charge is 2.18. The summed E-state index contributed by atoms with van der Waals surface area (Å²) in [5.41, 5.74) is 1.69. The van der Waals surface area contributed by atoms with Crippen LogP contribution >= 0.6 is 0 Å². The number of aromatic nitrogens is 1. The molecule has 2 aromatic carbocycles. The number of rotatable bonds is 6. The molecule has 6 heteroatoms. The lowest BCUT2D eigenvalue weighted by Crippen LogP contribution is -2.33. The Hall–Kier alpha value is -3.67. The molecule has 3 rings (SSSR count). The van der Waals surface area contributed by atoms with E-state index >= 15 is 0 Å². The number of ether oxygens (including phenoxy) is 1. The number of esters is 1. The Balaban J connectivity index is 1.67. The molecule has 0 fully saturated rings. The van der Waals surface area contributed by atoms with Gasteiger partial charge in [-0.25, -0.2) is 4.79 Å². The van der Waals surface area contributed by atoms with Crippen LogP contribution in [-0.4, -0.2) is 23.5 Å². The van der Waals surface area contributed by atoms with Crippen LogP contribution in [0.25, 0.3) is 0 Å². The molecule has 2 N–H and O–H groups in total. The Morgan fingerprint density at radius 1 is 0.889 bits per heavy atom. The van der Waals surface area contributed by atoms with E-state index in [9.17, 15) is 14.4 Å². The lowest BCUT2D eigenvalue weighted by molar-refractivity contribution is -0.124. The van der Waals surface area contributed by atoms with Crippen molar-refractivity contribution < 1.29 is 14.3 Å². The molecule has 0 aliphatic rings. The standard InChI is InChI=1S/C21H18N2O4/c24-18-12-11-17(13-22-18)21(26)27-14-19(25)23-20(15-7-3-1-4-8-15)16-9-5-2-6-10-16/h1-13,20H,14H2,(H,22,24)(H,23,25). The topological polar surface area (TPSA) is 88.3 Å². The van der Waals surface area contributed by atoms with Gasteiger partial charge in [0.1, 0.15) is 0 Å². The number of hydrogen-bond acceptors (Lipinski definition) is 4. The maximum absolute atomic E-state index is 12.3. The second-order valence-electron chi connectivity index (χ2n) is 5.84. The fourth-order valence-electron chi connectivity index (χ4n) is 2.60. The van der Waals surface area contributed by atoms with Gasteiger partial charge in [0.05, 0.1) is 11.6 Å². The lowest BCUT2D eigenvalue weighted by atomic mass is 9.99. The summed E-state index contributed by atoms with van der Waals surface area (Å²) in [5.74, 6) is -1.11. The zero-order valence-corrected chi connectivity index (χ0v) is 14.4. The van der Waals surface area contributed by atoms with E-state index in [0.717, 1.165) is 11.1 Å². The number of pyridine rings is 1. The monoisotopic (exact) mass is 362 g/mol. The summed E-state index contributed by atoms with van der Waals surface area (Å²) in [6.45, 7) is -0.422. The highest BCUT2D eigenvalue weighted by molar-refractivity contribution is 5.91. The molecule has 0 atom stereocenters. The van der Waals surface area contributed by atoms with E-state index in [1.807, 2.05) is 60.7 Å². The fraction of sp³-hybridized carbons (Fsp3) is 0.0952. The van der Waals surface area contributed by atoms with Crippen molar-refractivity contribution in [3.8, 4) is 0 Å². The molecule has 1 aromatic heterocycles. The zero-order chi connectivity index (χ0) is 19.1. The van der Waals surface area contributed by atoms with Gasteiger partial charge >= 0.3 is 5.97 Å². The summed E-state index contributed by atoms with van der Waals surface area (Å²) < 4.78 is 5.03. The molecule has 136 valence electrons. The highest BCUT2D eigenvalue weighted by Crippen LogP contribution is 2.21. The summed E-state index contributed by atoms with van der Waals surface area (Å²) in [5, 5.41) is 2.89. The van der Waals surface area contributed by atoms with Crippen LogP contribution in [0.1, 0.15) is 27.5 Å². The van der Waals surface area contributed by atoms with Gasteiger partial charge in [-0.05, 0) is 17.2 Å². The fourth-order valence-corrected chi connectivity index (χ4v) is 2.60. The third kappa shape index (κ3) is 4.92. The van der Waals surface area contributed by atoms with Gasteiger partial charge in [-0.3, -0.25) is 9.59 Å². The molecule has 0 radical (unpaired) electrons. The first-order valence-corrected chi connectivity index (χ1v) is 8.38. The van der Waals surface area contributed by atoms with Crippen molar-refractivity contribution in [2.75, 3.05) is 6.61 Å². The van der Waals surface area contributed by atoms with Gasteiger partial charge in [0.2, 0.25) is 5.56 Å². The number of nitrogens with one attached hydrogen (secondary N) is 2. The molecule has 0 saturated heterocycles. The molecule has 6 nitrogen and oxygen atoms in total. The third-order valence-electron chi connectivity index (χ3n) is 3.93. The minimum atomic E-state index is -0.683. The lowest BCUT2D eigenvalue weighted by Gasteiger charge is -2.19. The predicted octanol–water partition coefficient (Wildman–Crippen LogP) is 2.44. The molecular formula is C21H18N2O4. The number of benzene rings is 2. The van der Waals surface area contributed by atoms with Crippen LogP contribution in [-0.2, 0) is 9.53 Å². The van der Waals surface area contributed by atoms with E-state index in [1.165, 1.54) is 18.3 Å². The van der Waals surface area contributed by atoms with Gasteiger partial charge in [-0.2, -0.15) is 0 Å². The van der Waals surface area contributed by atoms with E-state index in [4.69, 9.17) is 4.74 Å². The smallest absolute Gasteiger partial charge is 0.340 e. The van der Waals surface area contributed by atoms with Crippen LogP contribution < -0.4 is 10.9 Å². The quantitative estimate of drug-likeness (QED) is 0.659. The average molecular weight is 362 g/mol. The molecule has 0 aliphatic heterocycles. The normalized spacial score (nSPS) is 10.4. The molecule has 27 heavy (non-hydrogen) atoms. The number of carbonyl (C=O) groups is 2. The maximum Gasteiger partial charge on any atom is 0.340 e. The van der Waals surface area contributed by atoms with Crippen molar-refractivity contribution in [3.05, 3.63) is 106 Å². The van der Waals surface area contributed by atoms with E-state index in [0.29, 0.717) is 0 Å². The molecule has 0 bridgehead atoms. The van der Waals surface area contributed by atoms with E-state index in [2.05, 4.69) is 10.3 Å². The number of hydrogen-bond donors (Lipinski definition) is 2. The Morgan fingerprint density at radius 3 is 2.00 bits per heavy atom. The Labute approximate surface area is 155 Å². The molecule has 1 amide bonds. The molecule has 0 aliphatic carbocycles. The molecule has 3 aromatic rings. The first-order chi connectivity index (χ1) is 13.1. The predicted molar refractivity (Wildman–Crippen MR) is 100 cm³/mol. The van der Waals surface area contributed by atoms with Crippen molar-refractivity contribution in [1.82, 2.24) is 10.3 Å². The van der Waals surface area contributed by atoms with Gasteiger partial charge in [0, 0.05) is 12.3 Å². The van der Waals surface area contributed by atoms with Crippen LogP contribution in [0.5, 0.6) is 0 Å². The SMILES string of the molecule is O=C(COC(=O)c1ccc(=O)[nH]c1)NC(c1ccccc1)c1ccccc1. The van der Waals surface area contributed by atoms with E-state index in [1.54, 1.807) is 0 Å². The van der Waals surface area contributed by atoms with Crippen LogP contribution in [0.2, 0.25) is 0 Å². The van der Waals surface area contributed by atoms with Crippen molar-refractivity contribution in [1.29, 1.82) is 0 Å². The second-order valence-corrected chi connectivity index (χ2v) is 5.84. The summed E-state index contributed by atoms with van der Waals surface area (Å²) >= 11 is 0. The maximum atomic E-state index is 12.3. The average Bonchev–Trinajstić information content (AvgIpc) is 2.72. The van der Waals surface area contributed by atoms with Crippen LogP contribution in [0.4, 0.5) is 0 Å². The van der Waals surface area contributed by atoms with E-state index < -0.39 is 18.5 Å². The zero-order valence-electron chi connectivity index (χ0n) is 14.4.